The van der Waals surface area contributed by atoms with Gasteiger partial charge in [-0.1, -0.05) is 289 Å². The molecule has 0 spiro atoms. The lowest BCUT2D eigenvalue weighted by molar-refractivity contribution is 0.283. The fourth-order valence-electron chi connectivity index (χ4n) is 19.0. The number of hydrogen-bond acceptors (Lipinski definition) is 16. The first kappa shape index (κ1) is 119. The fraction of sp³-hybridized carbons (Fsp3) is 0.607. The van der Waals surface area contributed by atoms with Gasteiger partial charge in [-0.05, 0) is 321 Å². The SMILES string of the molecule is CC(C)(C)c1cc(CCCCCO)cc(Cc2cc(CCCCCO)cc(C(C)(C)C)c2O)c1O.CC(C)(C)c1cc(CCCCO)cc(Cc2cc(CCCCO)cc(C(C)(C)C)c2O)c1O.CC(C)(C)c1cc(CCCO)cc(C(c2cc(CCCO)cc(C(C)(C)C)c2O)C2CC2)c1O.CCCC(c1cc(CCCCO)cc(C(C)(C)C)c1O)c1cc(CCCCO)cc(C(C)(C)C)c1O. The summed E-state index contributed by atoms with van der Waals surface area (Å²) < 4.78 is 0. The molecule has 0 aromatic heterocycles. The van der Waals surface area contributed by atoms with Crippen LogP contribution in [-0.4, -0.2) is 135 Å². The smallest absolute Gasteiger partial charge is 0.123 e. The average Bonchev–Trinajstić information content (AvgIpc) is 1.30. The van der Waals surface area contributed by atoms with E-state index in [-0.39, 0.29) is 108 Å². The summed E-state index contributed by atoms with van der Waals surface area (Å²) in [5.41, 5.74) is 21.7. The minimum absolute atomic E-state index is 0.0923. The molecule has 8 aromatic rings. The second kappa shape index (κ2) is 53.3. The molecule has 0 heterocycles. The van der Waals surface area contributed by atoms with Crippen molar-refractivity contribution in [2.45, 2.75) is 421 Å². The first-order valence-corrected chi connectivity index (χ1v) is 52.2. The molecule has 0 atom stereocenters. The molecule has 0 aliphatic heterocycles. The van der Waals surface area contributed by atoms with E-state index >= 15 is 0 Å². The molecule has 1 aliphatic carbocycles. The molecular weight excluding hydrogens is 1720 g/mol. The molecule has 8 aromatic carbocycles. The van der Waals surface area contributed by atoms with Crippen LogP contribution in [0.25, 0.3) is 0 Å². The Kier molecular flexibility index (Phi) is 45.7. The number of aliphatic hydroxyl groups is 8. The van der Waals surface area contributed by atoms with Crippen LogP contribution < -0.4 is 0 Å². The van der Waals surface area contributed by atoms with Gasteiger partial charge in [0, 0.05) is 99.8 Å². The van der Waals surface area contributed by atoms with Gasteiger partial charge in [-0.2, -0.15) is 0 Å². The lowest BCUT2D eigenvalue weighted by atomic mass is 9.76. The summed E-state index contributed by atoms with van der Waals surface area (Å²) in [7, 11) is 0. The lowest BCUT2D eigenvalue weighted by Gasteiger charge is -2.29. The van der Waals surface area contributed by atoms with Gasteiger partial charge in [0.05, 0.1) is 0 Å². The largest absolute Gasteiger partial charge is 0.507 e. The Balaban J connectivity index is 0.000000282. The van der Waals surface area contributed by atoms with Crippen molar-refractivity contribution < 1.29 is 81.7 Å². The van der Waals surface area contributed by atoms with E-state index in [0.717, 1.165) is 289 Å². The van der Waals surface area contributed by atoms with E-state index in [2.05, 4.69) is 270 Å². The Morgan fingerprint density at radius 1 is 0.217 bits per heavy atom. The van der Waals surface area contributed by atoms with E-state index in [4.69, 9.17) is 20.4 Å². The number of rotatable bonds is 43. The third-order valence-electron chi connectivity index (χ3n) is 27.1. The van der Waals surface area contributed by atoms with Crippen LogP contribution >= 0.6 is 0 Å². The molecule has 16 N–H and O–H groups in total. The first-order valence-electron chi connectivity index (χ1n) is 52.2. The van der Waals surface area contributed by atoms with Crippen molar-refractivity contribution in [3.05, 3.63) is 231 Å². The monoisotopic (exact) mass is 1910 g/mol. The van der Waals surface area contributed by atoms with Crippen molar-refractivity contribution in [3.63, 3.8) is 0 Å². The fourth-order valence-corrected chi connectivity index (χ4v) is 19.0. The van der Waals surface area contributed by atoms with E-state index < -0.39 is 0 Å². The summed E-state index contributed by atoms with van der Waals surface area (Å²) >= 11 is 0. The lowest BCUT2D eigenvalue weighted by Crippen LogP contribution is -2.17. The van der Waals surface area contributed by atoms with Crippen molar-refractivity contribution in [2.75, 3.05) is 52.9 Å². The maximum absolute atomic E-state index is 11.6. The highest BCUT2D eigenvalue weighted by Gasteiger charge is 2.41. The van der Waals surface area contributed by atoms with Crippen LogP contribution in [0.3, 0.4) is 0 Å². The van der Waals surface area contributed by atoms with E-state index in [1.807, 2.05) is 0 Å². The van der Waals surface area contributed by atoms with Crippen LogP contribution in [0.5, 0.6) is 46.0 Å². The van der Waals surface area contributed by atoms with Gasteiger partial charge in [0.15, 0.2) is 0 Å². The molecule has 1 saturated carbocycles. The summed E-state index contributed by atoms with van der Waals surface area (Å²) in [6.07, 6.45) is 25.0. The zero-order chi connectivity index (χ0) is 103. The highest BCUT2D eigenvalue weighted by atomic mass is 16.3. The summed E-state index contributed by atoms with van der Waals surface area (Å²) in [4.78, 5) is 0. The van der Waals surface area contributed by atoms with Gasteiger partial charge in [0.1, 0.15) is 46.0 Å². The van der Waals surface area contributed by atoms with Crippen molar-refractivity contribution in [1.29, 1.82) is 0 Å². The van der Waals surface area contributed by atoms with Crippen LogP contribution in [0.15, 0.2) is 97.1 Å². The van der Waals surface area contributed by atoms with Crippen LogP contribution in [0.2, 0.25) is 0 Å². The van der Waals surface area contributed by atoms with E-state index in [0.29, 0.717) is 77.6 Å². The highest BCUT2D eigenvalue weighted by Crippen LogP contribution is 2.55. The van der Waals surface area contributed by atoms with Gasteiger partial charge in [0.2, 0.25) is 0 Å². The van der Waals surface area contributed by atoms with Crippen molar-refractivity contribution in [1.82, 2.24) is 0 Å². The number of aromatic hydroxyl groups is 8. The summed E-state index contributed by atoms with van der Waals surface area (Å²) in [6.45, 7) is 54.2. The third-order valence-corrected chi connectivity index (χ3v) is 27.1. The summed E-state index contributed by atoms with van der Waals surface area (Å²) in [6, 6.07) is 33.5. The number of phenols is 8. The molecule has 0 unspecified atom stereocenters. The van der Waals surface area contributed by atoms with Gasteiger partial charge in [-0.15, -0.1) is 0 Å². The maximum Gasteiger partial charge on any atom is 0.123 e. The van der Waals surface area contributed by atoms with Crippen LogP contribution in [0, 0.1) is 5.92 Å². The number of hydrogen-bond donors (Lipinski definition) is 16. The molecule has 16 nitrogen and oxygen atoms in total. The summed E-state index contributed by atoms with van der Waals surface area (Å²) in [5, 5.41) is 165. The molecule has 0 radical (unpaired) electrons. The Hall–Kier alpha value is -8.16. The molecule has 16 heteroatoms. The Morgan fingerprint density at radius 3 is 0.587 bits per heavy atom. The first-order chi connectivity index (χ1) is 64.5. The Bertz CT molecular complexity index is 4800. The predicted molar refractivity (Wildman–Crippen MR) is 572 cm³/mol. The molecule has 1 aliphatic rings. The normalized spacial score (nSPS) is 13.0. The number of unbranched alkanes of at least 4 members (excludes halogenated alkanes) is 8. The van der Waals surface area contributed by atoms with E-state index in [1.165, 1.54) is 11.1 Å². The van der Waals surface area contributed by atoms with Gasteiger partial charge in [0.25, 0.3) is 0 Å². The minimum Gasteiger partial charge on any atom is -0.507 e. The zero-order valence-electron chi connectivity index (χ0n) is 90.0. The Morgan fingerprint density at radius 2 is 0.391 bits per heavy atom. The number of aryl methyl sites for hydroxylation is 8. The highest BCUT2D eigenvalue weighted by molar-refractivity contribution is 5.61. The van der Waals surface area contributed by atoms with Gasteiger partial charge in [-0.3, -0.25) is 0 Å². The molecule has 0 amide bonds. The van der Waals surface area contributed by atoms with Crippen molar-refractivity contribution >= 4 is 0 Å². The van der Waals surface area contributed by atoms with Crippen LogP contribution in [0.1, 0.15) is 447 Å². The van der Waals surface area contributed by atoms with E-state index in [1.54, 1.807) is 0 Å². The van der Waals surface area contributed by atoms with Gasteiger partial charge >= 0.3 is 0 Å². The summed E-state index contributed by atoms with van der Waals surface area (Å²) in [5.74, 6) is 2.71. The quantitative estimate of drug-likeness (QED) is 0.0158. The second-order valence-corrected chi connectivity index (χ2v) is 47.9. The average molecular weight is 1910 g/mol. The molecule has 1 fully saturated rings. The predicted octanol–water partition coefficient (Wildman–Crippen LogP) is 25.9. The minimum atomic E-state index is -0.232. The van der Waals surface area contributed by atoms with Gasteiger partial charge < -0.3 is 81.7 Å². The molecule has 770 valence electrons. The third kappa shape index (κ3) is 35.2. The maximum atomic E-state index is 11.6. The van der Waals surface area contributed by atoms with Crippen LogP contribution in [0.4, 0.5) is 0 Å². The zero-order valence-corrected chi connectivity index (χ0v) is 90.0. The standard InChI is InChI=1S/C32H50O4.C31H48O4.C30H44O4.C29H44O4/c1-8-13-24(25-18-22(14-9-11-16-33)20-27(29(25)35)31(2,3)4)26-19-23(15-10-12-17-34)21-28(30(26)36)32(5,6)7;1-30(2,3)26-19-22(13-9-7-11-15-32)17-24(28(26)34)21-25-18-23(14-10-8-12-16-33)20-27(29(25)35)31(4,5)6;1-29(2,3)24-17-19(9-7-13-31)15-22(27(24)33)26(21-11-12-21)23-16-20(10-8-14-32)18-25(28(23)34)30(4,5)6;1-28(2,3)24-17-20(11-7-9-13-30)15-22(26(24)32)19-23-16-21(12-8-10-14-31)18-25(27(23)33)29(4,5)6/h18-21,24,33-36H,8-17H2,1-7H3;17-20,32-35H,7-16,21H2,1-6H3;15-18,21,26,31-34H,7-14H2,1-6H3;15-18,30-33H,7-14,19H2,1-6H3. The van der Waals surface area contributed by atoms with Gasteiger partial charge in [-0.25, -0.2) is 0 Å². The van der Waals surface area contributed by atoms with Crippen molar-refractivity contribution in [3.8, 4) is 46.0 Å². The molecular formula is C122H186O16. The van der Waals surface area contributed by atoms with Crippen molar-refractivity contribution in [2.24, 2.45) is 5.92 Å². The van der Waals surface area contributed by atoms with Crippen LogP contribution in [-0.2, 0) is 108 Å². The second-order valence-electron chi connectivity index (χ2n) is 47.9. The molecule has 9 rings (SSSR count). The molecule has 138 heavy (non-hydrogen) atoms. The Labute approximate surface area is 833 Å². The number of aliphatic hydroxyl groups excluding tert-OH is 8. The number of benzene rings is 8. The van der Waals surface area contributed by atoms with E-state index in [9.17, 15) is 61.3 Å². The molecule has 0 bridgehead atoms. The molecule has 0 saturated heterocycles. The number of phenolic OH excluding ortho intramolecular Hbond substituents is 8. The topological polar surface area (TPSA) is 324 Å².